The molecule has 0 amide bonds. The average Bonchev–Trinajstić information content (AvgIpc) is 2.47. The molecule has 2 rings (SSSR count). The van der Waals surface area contributed by atoms with E-state index in [1.807, 2.05) is 18.3 Å². The van der Waals surface area contributed by atoms with E-state index in [0.29, 0.717) is 0 Å². The van der Waals surface area contributed by atoms with Crippen molar-refractivity contribution in [1.29, 1.82) is 0 Å². The molecule has 76 valence electrons. The first-order valence-electron chi connectivity index (χ1n) is 4.81. The van der Waals surface area contributed by atoms with Crippen molar-refractivity contribution in [2.24, 2.45) is 0 Å². The van der Waals surface area contributed by atoms with Crippen molar-refractivity contribution in [3.05, 3.63) is 22.8 Å². The van der Waals surface area contributed by atoms with Gasteiger partial charge in [0.15, 0.2) is 0 Å². The Bertz CT molecular complexity index is 298. The van der Waals surface area contributed by atoms with Crippen molar-refractivity contribution in [3.8, 4) is 0 Å². The molecule has 14 heavy (non-hydrogen) atoms. The number of hydrogen-bond donors (Lipinski definition) is 0. The summed E-state index contributed by atoms with van der Waals surface area (Å²) >= 11 is 3.51. The van der Waals surface area contributed by atoms with Gasteiger partial charge in [0.1, 0.15) is 5.82 Å². The number of pyridine rings is 1. The molecular weight excluding hydrogens is 244 g/mol. The third-order valence-corrected chi connectivity index (χ3v) is 2.88. The van der Waals surface area contributed by atoms with Gasteiger partial charge in [0.05, 0.1) is 11.1 Å². The maximum Gasteiger partial charge on any atom is 0.142 e. The van der Waals surface area contributed by atoms with E-state index >= 15 is 0 Å². The molecule has 1 aromatic rings. The van der Waals surface area contributed by atoms with E-state index in [4.69, 9.17) is 4.74 Å². The molecule has 1 fully saturated rings. The number of halogens is 1. The number of nitrogens with zero attached hydrogens (tertiary/aromatic N) is 2. The van der Waals surface area contributed by atoms with Crippen LogP contribution in [-0.2, 0) is 4.74 Å². The summed E-state index contributed by atoms with van der Waals surface area (Å²) in [7, 11) is 0. The predicted octanol–water partition coefficient (Wildman–Crippen LogP) is 2.07. The SMILES string of the molecule is Brc1cccnc1N1CCCOCC1. The van der Waals surface area contributed by atoms with Gasteiger partial charge in [-0.25, -0.2) is 4.98 Å². The molecule has 0 aromatic carbocycles. The smallest absolute Gasteiger partial charge is 0.142 e. The molecule has 0 spiro atoms. The summed E-state index contributed by atoms with van der Waals surface area (Å²) in [6.45, 7) is 3.61. The summed E-state index contributed by atoms with van der Waals surface area (Å²) in [4.78, 5) is 6.63. The molecule has 1 saturated heterocycles. The zero-order chi connectivity index (χ0) is 9.80. The lowest BCUT2D eigenvalue weighted by Gasteiger charge is -2.21. The minimum absolute atomic E-state index is 0.795. The minimum Gasteiger partial charge on any atom is -0.380 e. The van der Waals surface area contributed by atoms with Crippen molar-refractivity contribution in [2.75, 3.05) is 31.2 Å². The Kier molecular flexibility index (Phi) is 3.37. The molecule has 4 heteroatoms. The first-order chi connectivity index (χ1) is 6.88. The van der Waals surface area contributed by atoms with Crippen molar-refractivity contribution < 1.29 is 4.74 Å². The molecule has 1 aliphatic rings. The van der Waals surface area contributed by atoms with E-state index in [1.165, 1.54) is 0 Å². The lowest BCUT2D eigenvalue weighted by molar-refractivity contribution is 0.152. The molecule has 3 nitrogen and oxygen atoms in total. The van der Waals surface area contributed by atoms with Crippen LogP contribution in [0.1, 0.15) is 6.42 Å². The van der Waals surface area contributed by atoms with Gasteiger partial charge in [-0.2, -0.15) is 0 Å². The summed E-state index contributed by atoms with van der Waals surface area (Å²) in [6, 6.07) is 3.95. The molecule has 1 aromatic heterocycles. The van der Waals surface area contributed by atoms with Crippen molar-refractivity contribution >= 4 is 21.7 Å². The Morgan fingerprint density at radius 2 is 2.29 bits per heavy atom. The van der Waals surface area contributed by atoms with Crippen LogP contribution in [0.15, 0.2) is 22.8 Å². The Hall–Kier alpha value is -0.610. The quantitative estimate of drug-likeness (QED) is 0.770. The Morgan fingerprint density at radius 1 is 1.36 bits per heavy atom. The van der Waals surface area contributed by atoms with Gasteiger partial charge >= 0.3 is 0 Å². The first-order valence-corrected chi connectivity index (χ1v) is 5.60. The molecule has 0 N–H and O–H groups in total. The second kappa shape index (κ2) is 4.75. The van der Waals surface area contributed by atoms with Crippen LogP contribution in [0, 0.1) is 0 Å². The molecular formula is C10H13BrN2O. The van der Waals surface area contributed by atoms with E-state index < -0.39 is 0 Å². The third-order valence-electron chi connectivity index (χ3n) is 2.26. The summed E-state index contributed by atoms with van der Waals surface area (Å²) < 4.78 is 6.46. The monoisotopic (exact) mass is 256 g/mol. The number of hydrogen-bond acceptors (Lipinski definition) is 3. The third kappa shape index (κ3) is 2.25. The fourth-order valence-electron chi connectivity index (χ4n) is 1.57. The molecule has 0 aliphatic carbocycles. The lowest BCUT2D eigenvalue weighted by Crippen LogP contribution is -2.27. The van der Waals surface area contributed by atoms with Crippen LogP contribution in [0.2, 0.25) is 0 Å². The van der Waals surface area contributed by atoms with Crippen molar-refractivity contribution in [1.82, 2.24) is 4.98 Å². The van der Waals surface area contributed by atoms with E-state index in [0.717, 1.165) is 43.0 Å². The highest BCUT2D eigenvalue weighted by Crippen LogP contribution is 2.23. The van der Waals surface area contributed by atoms with Gasteiger partial charge in [-0.3, -0.25) is 0 Å². The summed E-state index contributed by atoms with van der Waals surface area (Å²) in [6.07, 6.45) is 2.90. The van der Waals surface area contributed by atoms with Gasteiger partial charge in [-0.15, -0.1) is 0 Å². The predicted molar refractivity (Wildman–Crippen MR) is 59.6 cm³/mol. The van der Waals surface area contributed by atoms with Gasteiger partial charge < -0.3 is 9.64 Å². The minimum atomic E-state index is 0.795. The van der Waals surface area contributed by atoms with Crippen LogP contribution < -0.4 is 4.90 Å². The molecule has 0 atom stereocenters. The zero-order valence-electron chi connectivity index (χ0n) is 7.95. The number of ether oxygens (including phenoxy) is 1. The normalized spacial score (nSPS) is 17.9. The maximum atomic E-state index is 5.40. The number of rotatable bonds is 1. The average molecular weight is 257 g/mol. The van der Waals surface area contributed by atoms with E-state index in [-0.39, 0.29) is 0 Å². The van der Waals surface area contributed by atoms with Crippen LogP contribution in [0.4, 0.5) is 5.82 Å². The fourth-order valence-corrected chi connectivity index (χ4v) is 2.07. The Morgan fingerprint density at radius 3 is 3.14 bits per heavy atom. The lowest BCUT2D eigenvalue weighted by atomic mass is 10.3. The van der Waals surface area contributed by atoms with Crippen molar-refractivity contribution in [3.63, 3.8) is 0 Å². The Labute approximate surface area is 92.2 Å². The zero-order valence-corrected chi connectivity index (χ0v) is 9.53. The second-order valence-corrected chi connectivity index (χ2v) is 4.12. The summed E-state index contributed by atoms with van der Waals surface area (Å²) in [5.74, 6) is 1.03. The summed E-state index contributed by atoms with van der Waals surface area (Å²) in [5.41, 5.74) is 0. The summed E-state index contributed by atoms with van der Waals surface area (Å²) in [5, 5.41) is 0. The van der Waals surface area contributed by atoms with E-state index in [2.05, 4.69) is 25.8 Å². The van der Waals surface area contributed by atoms with Gasteiger partial charge in [0.25, 0.3) is 0 Å². The second-order valence-electron chi connectivity index (χ2n) is 3.26. The van der Waals surface area contributed by atoms with E-state index in [9.17, 15) is 0 Å². The van der Waals surface area contributed by atoms with Crippen LogP contribution in [-0.4, -0.2) is 31.3 Å². The Balaban J connectivity index is 2.16. The fraction of sp³-hybridized carbons (Fsp3) is 0.500. The topological polar surface area (TPSA) is 25.4 Å². The number of anilines is 1. The van der Waals surface area contributed by atoms with E-state index in [1.54, 1.807) is 0 Å². The molecule has 2 heterocycles. The van der Waals surface area contributed by atoms with Gasteiger partial charge in [-0.1, -0.05) is 0 Å². The van der Waals surface area contributed by atoms with Crippen LogP contribution in [0.5, 0.6) is 0 Å². The van der Waals surface area contributed by atoms with Gasteiger partial charge in [0.2, 0.25) is 0 Å². The maximum absolute atomic E-state index is 5.40. The highest BCUT2D eigenvalue weighted by Gasteiger charge is 2.12. The standard InChI is InChI=1S/C10H13BrN2O/c11-9-3-1-4-12-10(9)13-5-2-7-14-8-6-13/h1,3-4H,2,5-8H2. The molecule has 0 bridgehead atoms. The van der Waals surface area contributed by atoms with Crippen molar-refractivity contribution in [2.45, 2.75) is 6.42 Å². The highest BCUT2D eigenvalue weighted by molar-refractivity contribution is 9.10. The van der Waals surface area contributed by atoms with Crippen LogP contribution in [0.3, 0.4) is 0 Å². The van der Waals surface area contributed by atoms with Crippen LogP contribution in [0.25, 0.3) is 0 Å². The first kappa shape index (κ1) is 9.93. The molecule has 0 radical (unpaired) electrons. The van der Waals surface area contributed by atoms with Gasteiger partial charge in [0, 0.05) is 25.9 Å². The highest BCUT2D eigenvalue weighted by atomic mass is 79.9. The molecule has 1 aliphatic heterocycles. The number of aromatic nitrogens is 1. The van der Waals surface area contributed by atoms with Crippen LogP contribution >= 0.6 is 15.9 Å². The molecule has 0 saturated carbocycles. The van der Waals surface area contributed by atoms with Gasteiger partial charge in [-0.05, 0) is 34.5 Å². The molecule has 0 unspecified atom stereocenters. The largest absolute Gasteiger partial charge is 0.380 e.